The Bertz CT molecular complexity index is 1010. The lowest BCUT2D eigenvalue weighted by Crippen LogP contribution is -2.58. The lowest BCUT2D eigenvalue weighted by molar-refractivity contribution is -0.143. The first-order valence-electron chi connectivity index (χ1n) is 11.8. The van der Waals surface area contributed by atoms with E-state index in [1.54, 1.807) is 0 Å². The molecule has 164 valence electrons. The number of benzene rings is 2. The van der Waals surface area contributed by atoms with E-state index in [2.05, 4.69) is 81.9 Å². The van der Waals surface area contributed by atoms with Crippen molar-refractivity contribution in [2.45, 2.75) is 56.8 Å². The normalized spacial score (nSPS) is 25.4. The van der Waals surface area contributed by atoms with Gasteiger partial charge in [0.05, 0.1) is 0 Å². The average molecular weight is 426 g/mol. The van der Waals surface area contributed by atoms with Crippen molar-refractivity contribution in [2.75, 3.05) is 0 Å². The Morgan fingerprint density at radius 1 is 0.875 bits per heavy atom. The lowest BCUT2D eigenvalue weighted by Gasteiger charge is -2.51. The van der Waals surface area contributed by atoms with Gasteiger partial charge in [0.2, 0.25) is 5.91 Å². The predicted molar refractivity (Wildman–Crippen MR) is 127 cm³/mol. The monoisotopic (exact) mass is 425 g/mol. The number of hydrogen-bond donors (Lipinski definition) is 1. The van der Waals surface area contributed by atoms with E-state index in [1.807, 2.05) is 18.5 Å². The predicted octanol–water partition coefficient (Wildman–Crippen LogP) is 4.92. The summed E-state index contributed by atoms with van der Waals surface area (Å²) in [5.41, 5.74) is 3.77. The fraction of sp³-hybridized carbons (Fsp3) is 0.357. The fourth-order valence-corrected chi connectivity index (χ4v) is 5.75. The molecule has 1 saturated heterocycles. The smallest absolute Gasteiger partial charge is 0.223 e. The minimum atomic E-state index is 0.260. The zero-order valence-corrected chi connectivity index (χ0v) is 18.4. The van der Waals surface area contributed by atoms with E-state index in [9.17, 15) is 4.79 Å². The Labute approximate surface area is 190 Å². The summed E-state index contributed by atoms with van der Waals surface area (Å²) in [4.78, 5) is 19.7. The van der Waals surface area contributed by atoms with E-state index >= 15 is 0 Å². The Kier molecular flexibility index (Phi) is 6.31. The van der Waals surface area contributed by atoms with Crippen LogP contribution in [0.25, 0.3) is 0 Å². The molecule has 1 aliphatic carbocycles. The van der Waals surface area contributed by atoms with E-state index in [-0.39, 0.29) is 12.0 Å². The number of carbonyl (C=O) groups excluding carboxylic acids is 1. The Morgan fingerprint density at radius 3 is 2.34 bits per heavy atom. The number of nitrogens with one attached hydrogen (secondary N) is 1. The van der Waals surface area contributed by atoms with Crippen LogP contribution in [-0.4, -0.2) is 27.9 Å². The SMILES string of the molecule is O=C1C[C@H](c2ccccc2)[C@H]2[C@@H](NCc3ccncc3)CCC[C@H]2N1Cc1ccccc1. The number of piperidine rings is 1. The maximum Gasteiger partial charge on any atom is 0.223 e. The van der Waals surface area contributed by atoms with Crippen molar-refractivity contribution in [1.29, 1.82) is 0 Å². The molecule has 3 aromatic rings. The number of rotatable bonds is 6. The molecule has 0 unspecified atom stereocenters. The molecule has 1 amide bonds. The molecule has 4 nitrogen and oxygen atoms in total. The molecule has 5 rings (SSSR count). The maximum absolute atomic E-state index is 13.4. The quantitative estimate of drug-likeness (QED) is 0.609. The first-order chi connectivity index (χ1) is 15.8. The van der Waals surface area contributed by atoms with Crippen LogP contribution in [-0.2, 0) is 17.9 Å². The molecule has 2 heterocycles. The third-order valence-electron chi connectivity index (χ3n) is 7.24. The summed E-state index contributed by atoms with van der Waals surface area (Å²) in [7, 11) is 0. The van der Waals surface area contributed by atoms with E-state index in [0.29, 0.717) is 30.8 Å². The minimum Gasteiger partial charge on any atom is -0.335 e. The standard InChI is InChI=1S/C28H31N3O/c32-27-18-24(23-10-5-2-6-11-23)28-25(30-19-21-14-16-29-17-15-21)12-7-13-26(28)31(27)20-22-8-3-1-4-9-22/h1-6,8-11,14-17,24-26,28,30H,7,12-13,18-20H2/t24-,25+,26-,28+/m1/s1. The van der Waals surface area contributed by atoms with Crippen molar-refractivity contribution in [3.8, 4) is 0 Å². The molecule has 32 heavy (non-hydrogen) atoms. The van der Waals surface area contributed by atoms with E-state index < -0.39 is 0 Å². The molecule has 0 spiro atoms. The number of pyridine rings is 1. The third kappa shape index (κ3) is 4.46. The summed E-state index contributed by atoms with van der Waals surface area (Å²) in [6.07, 6.45) is 7.69. The van der Waals surface area contributed by atoms with Crippen LogP contribution in [0.4, 0.5) is 0 Å². The van der Waals surface area contributed by atoms with Crippen molar-refractivity contribution in [1.82, 2.24) is 15.2 Å². The highest BCUT2D eigenvalue weighted by molar-refractivity contribution is 5.79. The molecule has 1 saturated carbocycles. The molecular weight excluding hydrogens is 394 g/mol. The van der Waals surface area contributed by atoms with Crippen LogP contribution in [0, 0.1) is 5.92 Å². The van der Waals surface area contributed by atoms with Gasteiger partial charge in [0.25, 0.3) is 0 Å². The van der Waals surface area contributed by atoms with Crippen LogP contribution in [0.2, 0.25) is 0 Å². The molecule has 0 radical (unpaired) electrons. The maximum atomic E-state index is 13.4. The van der Waals surface area contributed by atoms with Crippen LogP contribution in [0.15, 0.2) is 85.2 Å². The number of likely N-dealkylation sites (tertiary alicyclic amines) is 1. The second-order valence-electron chi connectivity index (χ2n) is 9.15. The van der Waals surface area contributed by atoms with Crippen molar-refractivity contribution in [3.63, 3.8) is 0 Å². The van der Waals surface area contributed by atoms with Crippen molar-refractivity contribution in [2.24, 2.45) is 5.92 Å². The van der Waals surface area contributed by atoms with Gasteiger partial charge in [-0.1, -0.05) is 60.7 Å². The lowest BCUT2D eigenvalue weighted by atomic mass is 9.66. The molecule has 2 aliphatic rings. The van der Waals surface area contributed by atoms with Crippen LogP contribution in [0.5, 0.6) is 0 Å². The van der Waals surface area contributed by atoms with Gasteiger partial charge in [-0.15, -0.1) is 0 Å². The van der Waals surface area contributed by atoms with Gasteiger partial charge < -0.3 is 10.2 Å². The Balaban J connectivity index is 1.43. The first-order valence-corrected chi connectivity index (χ1v) is 11.8. The van der Waals surface area contributed by atoms with Gasteiger partial charge in [-0.3, -0.25) is 9.78 Å². The highest BCUT2D eigenvalue weighted by Crippen LogP contribution is 2.45. The number of aromatic nitrogens is 1. The minimum absolute atomic E-state index is 0.260. The van der Waals surface area contributed by atoms with Gasteiger partial charge in [-0.2, -0.15) is 0 Å². The van der Waals surface area contributed by atoms with Crippen molar-refractivity contribution >= 4 is 5.91 Å². The molecule has 1 N–H and O–H groups in total. The Morgan fingerprint density at radius 2 is 1.59 bits per heavy atom. The van der Waals surface area contributed by atoms with E-state index in [4.69, 9.17) is 0 Å². The van der Waals surface area contributed by atoms with Gasteiger partial charge in [0.15, 0.2) is 0 Å². The summed E-state index contributed by atoms with van der Waals surface area (Å²) in [6.45, 7) is 1.55. The summed E-state index contributed by atoms with van der Waals surface area (Å²) < 4.78 is 0. The summed E-state index contributed by atoms with van der Waals surface area (Å²) in [5, 5.41) is 3.87. The number of fused-ring (bicyclic) bond motifs is 1. The Hall–Kier alpha value is -2.98. The first kappa shape index (κ1) is 20.9. The van der Waals surface area contributed by atoms with Crippen LogP contribution < -0.4 is 5.32 Å². The highest BCUT2D eigenvalue weighted by atomic mass is 16.2. The summed E-state index contributed by atoms with van der Waals surface area (Å²) >= 11 is 0. The zero-order valence-electron chi connectivity index (χ0n) is 18.4. The highest BCUT2D eigenvalue weighted by Gasteiger charge is 2.47. The van der Waals surface area contributed by atoms with Crippen molar-refractivity contribution < 1.29 is 4.79 Å². The molecule has 1 aliphatic heterocycles. The molecule has 2 aromatic carbocycles. The van der Waals surface area contributed by atoms with E-state index in [0.717, 1.165) is 25.8 Å². The average Bonchev–Trinajstić information content (AvgIpc) is 2.86. The molecule has 2 fully saturated rings. The molecule has 4 heteroatoms. The van der Waals surface area contributed by atoms with Crippen molar-refractivity contribution in [3.05, 3.63) is 102 Å². The molecule has 4 atom stereocenters. The number of nitrogens with zero attached hydrogens (tertiary/aromatic N) is 2. The van der Waals surface area contributed by atoms with Crippen LogP contribution in [0.3, 0.4) is 0 Å². The van der Waals surface area contributed by atoms with Gasteiger partial charge >= 0.3 is 0 Å². The fourth-order valence-electron chi connectivity index (χ4n) is 5.75. The van der Waals surface area contributed by atoms with Crippen LogP contribution in [0.1, 0.15) is 48.3 Å². The number of amides is 1. The number of hydrogen-bond acceptors (Lipinski definition) is 3. The molecular formula is C28H31N3O. The molecule has 1 aromatic heterocycles. The van der Waals surface area contributed by atoms with Gasteiger partial charge in [0, 0.05) is 49.9 Å². The van der Waals surface area contributed by atoms with Crippen LogP contribution >= 0.6 is 0 Å². The zero-order chi connectivity index (χ0) is 21.8. The van der Waals surface area contributed by atoms with E-state index in [1.165, 1.54) is 16.7 Å². The van der Waals surface area contributed by atoms with Gasteiger partial charge in [-0.25, -0.2) is 0 Å². The second-order valence-corrected chi connectivity index (χ2v) is 9.15. The van der Waals surface area contributed by atoms with Gasteiger partial charge in [0.1, 0.15) is 0 Å². The largest absolute Gasteiger partial charge is 0.335 e. The number of carbonyl (C=O) groups is 1. The topological polar surface area (TPSA) is 45.2 Å². The molecule has 0 bridgehead atoms. The summed E-state index contributed by atoms with van der Waals surface area (Å²) in [5.74, 6) is 0.962. The summed E-state index contributed by atoms with van der Waals surface area (Å²) in [6, 6.07) is 25.9. The van der Waals surface area contributed by atoms with Gasteiger partial charge in [-0.05, 0) is 54.0 Å². The third-order valence-corrected chi connectivity index (χ3v) is 7.24. The second kappa shape index (κ2) is 9.66.